The Kier molecular flexibility index (Phi) is 7.68. The van der Waals surface area contributed by atoms with Crippen molar-refractivity contribution in [3.05, 3.63) is 75.5 Å². The van der Waals surface area contributed by atoms with E-state index in [1.165, 1.54) is 29.0 Å². The van der Waals surface area contributed by atoms with Crippen molar-refractivity contribution in [2.75, 3.05) is 39.9 Å². The normalized spacial score (nSPS) is 13.6. The summed E-state index contributed by atoms with van der Waals surface area (Å²) in [4.78, 5) is 39.9. The van der Waals surface area contributed by atoms with Crippen LogP contribution in [0.2, 0.25) is 0 Å². The van der Waals surface area contributed by atoms with Crippen LogP contribution in [0, 0.1) is 16.6 Å². The van der Waals surface area contributed by atoms with Crippen molar-refractivity contribution < 1.29 is 18.7 Å². The van der Waals surface area contributed by atoms with Gasteiger partial charge in [0.05, 0.1) is 29.8 Å². The van der Waals surface area contributed by atoms with E-state index in [0.29, 0.717) is 22.0 Å². The van der Waals surface area contributed by atoms with Crippen molar-refractivity contribution in [2.45, 2.75) is 6.42 Å². The van der Waals surface area contributed by atoms with E-state index >= 15 is 0 Å². The zero-order valence-electron chi connectivity index (χ0n) is 20.1. The maximum absolute atomic E-state index is 14.7. The molecule has 2 heterocycles. The van der Waals surface area contributed by atoms with Crippen LogP contribution in [-0.4, -0.2) is 83.4 Å². The summed E-state index contributed by atoms with van der Waals surface area (Å²) in [6.07, 6.45) is 0.261. The fraction of sp³-hybridized carbons (Fsp3) is 0.280. The van der Waals surface area contributed by atoms with Crippen molar-refractivity contribution >= 4 is 34.3 Å². The van der Waals surface area contributed by atoms with E-state index in [9.17, 15) is 18.8 Å². The first-order valence-corrected chi connectivity index (χ1v) is 11.5. The number of benzene rings is 2. The van der Waals surface area contributed by atoms with Crippen molar-refractivity contribution in [2.24, 2.45) is 0 Å². The first-order valence-electron chi connectivity index (χ1n) is 11.5. The number of amides is 2. The van der Waals surface area contributed by atoms with Crippen LogP contribution in [0.5, 0.6) is 0 Å². The average Bonchev–Trinajstić information content (AvgIpc) is 2.90. The maximum atomic E-state index is 14.7. The number of aromatic amines is 1. The van der Waals surface area contributed by atoms with Crippen LogP contribution < -0.4 is 10.9 Å². The topological polar surface area (TPSA) is 155 Å². The van der Waals surface area contributed by atoms with Crippen LogP contribution in [0.15, 0.2) is 47.3 Å². The van der Waals surface area contributed by atoms with E-state index < -0.39 is 23.5 Å². The number of amidine groups is 2. The van der Waals surface area contributed by atoms with Crippen molar-refractivity contribution in [3.63, 3.8) is 0 Å². The number of carbonyl (C=O) groups is 2. The number of rotatable bonds is 6. The van der Waals surface area contributed by atoms with Crippen LogP contribution in [-0.2, 0) is 16.0 Å². The van der Waals surface area contributed by atoms with Gasteiger partial charge < -0.3 is 19.9 Å². The lowest BCUT2D eigenvalue weighted by Crippen LogP contribution is -2.56. The Morgan fingerprint density at radius 3 is 2.68 bits per heavy atom. The molecule has 3 aromatic rings. The molecule has 4 rings (SSSR count). The van der Waals surface area contributed by atoms with Crippen LogP contribution in [0.25, 0.3) is 10.8 Å². The molecule has 192 valence electrons. The van der Waals surface area contributed by atoms with E-state index in [2.05, 4.69) is 15.5 Å². The molecule has 0 aliphatic carbocycles. The molecule has 2 aromatic carbocycles. The number of halogens is 1. The van der Waals surface area contributed by atoms with Crippen molar-refractivity contribution in [3.8, 4) is 0 Å². The Hall–Kier alpha value is -4.45. The zero-order valence-corrected chi connectivity index (χ0v) is 20.1. The second-order valence-corrected chi connectivity index (χ2v) is 8.46. The quantitative estimate of drug-likeness (QED) is 0.223. The standard InChI is InChI=1S/C25H26FN7O4/c1-37-11-8-29-24(35)22(28)33-10-9-32(14-21(33)27)25(36)18-12-15(6-7-19(18)26)13-20-16-4-2-3-5-17(16)23(34)31-30-20/h2-7,12,27-28H,8-11,13-14H2,1H3,(H,29,35)(H,31,34). The molecule has 0 unspecified atom stereocenters. The number of H-pyrrole nitrogens is 1. The van der Waals surface area contributed by atoms with Crippen LogP contribution in [0.1, 0.15) is 21.6 Å². The second-order valence-electron chi connectivity index (χ2n) is 8.46. The van der Waals surface area contributed by atoms with Crippen molar-refractivity contribution in [1.29, 1.82) is 10.8 Å². The number of methoxy groups -OCH3 is 1. The lowest BCUT2D eigenvalue weighted by atomic mass is 10.0. The predicted octanol–water partition coefficient (Wildman–Crippen LogP) is 1.13. The first-order chi connectivity index (χ1) is 17.8. The molecule has 1 aliphatic heterocycles. The van der Waals surface area contributed by atoms with E-state index in [-0.39, 0.29) is 56.2 Å². The molecule has 1 aliphatic rings. The molecule has 4 N–H and O–H groups in total. The number of aromatic nitrogens is 2. The molecule has 12 heteroatoms. The fourth-order valence-corrected chi connectivity index (χ4v) is 4.11. The molecule has 1 aromatic heterocycles. The molecule has 0 saturated carbocycles. The highest BCUT2D eigenvalue weighted by atomic mass is 19.1. The lowest BCUT2D eigenvalue weighted by Gasteiger charge is -2.36. The summed E-state index contributed by atoms with van der Waals surface area (Å²) in [7, 11) is 1.49. The minimum atomic E-state index is -0.702. The second kappa shape index (κ2) is 11.1. The van der Waals surface area contributed by atoms with Gasteiger partial charge in [0.1, 0.15) is 11.7 Å². The maximum Gasteiger partial charge on any atom is 0.286 e. The zero-order chi connectivity index (χ0) is 26.5. The summed E-state index contributed by atoms with van der Waals surface area (Å²) in [6.45, 7) is 0.490. The SMILES string of the molecule is COCCNC(=O)C(=N)N1CCN(C(=O)c2cc(Cc3n[nH]c(=O)c4ccccc34)ccc2F)CC1=N. The molecular formula is C25H26FN7O4. The van der Waals surface area contributed by atoms with Gasteiger partial charge in [-0.2, -0.15) is 5.10 Å². The molecular weight excluding hydrogens is 481 g/mol. The van der Waals surface area contributed by atoms with Gasteiger partial charge in [-0.15, -0.1) is 0 Å². The lowest BCUT2D eigenvalue weighted by molar-refractivity contribution is -0.115. The van der Waals surface area contributed by atoms with Gasteiger partial charge in [-0.05, 0) is 23.8 Å². The molecule has 1 fully saturated rings. The smallest absolute Gasteiger partial charge is 0.286 e. The number of ether oxygens (including phenoxy) is 1. The van der Waals surface area contributed by atoms with Gasteiger partial charge >= 0.3 is 0 Å². The van der Waals surface area contributed by atoms with Crippen molar-refractivity contribution in [1.82, 2.24) is 25.3 Å². The predicted molar refractivity (Wildman–Crippen MR) is 135 cm³/mol. The number of fused-ring (bicyclic) bond motifs is 1. The summed E-state index contributed by atoms with van der Waals surface area (Å²) >= 11 is 0. The van der Waals surface area contributed by atoms with E-state index in [4.69, 9.17) is 15.6 Å². The summed E-state index contributed by atoms with van der Waals surface area (Å²) in [5.74, 6) is -2.47. The van der Waals surface area contributed by atoms with Crippen LogP contribution in [0.4, 0.5) is 4.39 Å². The van der Waals surface area contributed by atoms with E-state index in [1.807, 2.05) is 0 Å². The average molecular weight is 508 g/mol. The Balaban J connectivity index is 1.47. The molecule has 0 bridgehead atoms. The number of nitrogens with one attached hydrogen (secondary N) is 4. The Bertz CT molecular complexity index is 1440. The minimum Gasteiger partial charge on any atom is -0.383 e. The number of hydrogen-bond acceptors (Lipinski definition) is 7. The summed E-state index contributed by atoms with van der Waals surface area (Å²) in [6, 6.07) is 11.2. The highest BCUT2D eigenvalue weighted by Gasteiger charge is 2.31. The summed E-state index contributed by atoms with van der Waals surface area (Å²) in [5.41, 5.74) is 0.742. The largest absolute Gasteiger partial charge is 0.383 e. The Labute approximate surface area is 211 Å². The minimum absolute atomic E-state index is 0.0513. The molecule has 37 heavy (non-hydrogen) atoms. The summed E-state index contributed by atoms with van der Waals surface area (Å²) in [5, 5.41) is 26.6. The van der Waals surface area contributed by atoms with Gasteiger partial charge in [0.15, 0.2) is 5.84 Å². The fourth-order valence-electron chi connectivity index (χ4n) is 4.11. The molecule has 0 radical (unpaired) electrons. The third-order valence-corrected chi connectivity index (χ3v) is 6.03. The Morgan fingerprint density at radius 2 is 1.95 bits per heavy atom. The van der Waals surface area contributed by atoms with Crippen LogP contribution in [0.3, 0.4) is 0 Å². The third-order valence-electron chi connectivity index (χ3n) is 6.03. The van der Waals surface area contributed by atoms with Gasteiger partial charge in [0, 0.05) is 38.6 Å². The van der Waals surface area contributed by atoms with E-state index in [1.54, 1.807) is 30.3 Å². The molecule has 11 nitrogen and oxygen atoms in total. The highest BCUT2D eigenvalue weighted by molar-refractivity contribution is 6.39. The molecule has 2 amide bonds. The number of hydrogen-bond donors (Lipinski definition) is 4. The summed E-state index contributed by atoms with van der Waals surface area (Å²) < 4.78 is 19.6. The Morgan fingerprint density at radius 1 is 1.19 bits per heavy atom. The number of carbonyl (C=O) groups excluding carboxylic acids is 2. The molecule has 0 spiro atoms. The first kappa shape index (κ1) is 25.6. The van der Waals surface area contributed by atoms with Gasteiger partial charge in [0.25, 0.3) is 17.4 Å². The number of piperazine rings is 1. The third kappa shape index (κ3) is 5.54. The van der Waals surface area contributed by atoms with Crippen LogP contribution >= 0.6 is 0 Å². The molecule has 1 saturated heterocycles. The highest BCUT2D eigenvalue weighted by Crippen LogP contribution is 2.20. The van der Waals surface area contributed by atoms with Gasteiger partial charge in [0.2, 0.25) is 0 Å². The monoisotopic (exact) mass is 507 g/mol. The number of nitrogens with zero attached hydrogens (tertiary/aromatic N) is 3. The van der Waals surface area contributed by atoms with Gasteiger partial charge in [-0.3, -0.25) is 25.2 Å². The van der Waals surface area contributed by atoms with E-state index in [0.717, 1.165) is 0 Å². The van der Waals surface area contributed by atoms with Gasteiger partial charge in [-0.1, -0.05) is 24.3 Å². The molecule has 0 atom stereocenters. The van der Waals surface area contributed by atoms with Gasteiger partial charge in [-0.25, -0.2) is 9.49 Å².